The fourth-order valence-corrected chi connectivity index (χ4v) is 5.48. The first-order valence-electron chi connectivity index (χ1n) is 11.9. The summed E-state index contributed by atoms with van der Waals surface area (Å²) in [5.41, 5.74) is 3.10. The van der Waals surface area contributed by atoms with E-state index in [4.69, 9.17) is 4.74 Å². The molecule has 0 aromatic heterocycles. The topological polar surface area (TPSA) is 42.5 Å². The summed E-state index contributed by atoms with van der Waals surface area (Å²) >= 11 is 0. The van der Waals surface area contributed by atoms with Crippen LogP contribution in [0.4, 0.5) is 13.2 Å². The van der Waals surface area contributed by atoms with Crippen LogP contribution in [0.5, 0.6) is 11.5 Å². The van der Waals surface area contributed by atoms with Crippen LogP contribution < -0.4 is 20.1 Å². The molecule has 1 saturated carbocycles. The Bertz CT molecular complexity index is 1080. The maximum atomic E-state index is 12.8. The highest BCUT2D eigenvalue weighted by Crippen LogP contribution is 2.47. The van der Waals surface area contributed by atoms with Crippen molar-refractivity contribution in [3.63, 3.8) is 0 Å². The summed E-state index contributed by atoms with van der Waals surface area (Å²) in [4.78, 5) is 0. The van der Waals surface area contributed by atoms with Crippen molar-refractivity contribution in [1.29, 1.82) is 0 Å². The van der Waals surface area contributed by atoms with Gasteiger partial charge in [0, 0.05) is 30.1 Å². The van der Waals surface area contributed by atoms with Crippen molar-refractivity contribution >= 4 is 0 Å². The lowest BCUT2D eigenvalue weighted by molar-refractivity contribution is -0.274. The zero-order valence-electron chi connectivity index (χ0n) is 19.5. The van der Waals surface area contributed by atoms with Crippen LogP contribution in [0.25, 0.3) is 0 Å². The van der Waals surface area contributed by atoms with Crippen molar-refractivity contribution in [1.82, 2.24) is 10.6 Å². The largest absolute Gasteiger partial charge is 0.573 e. The minimum absolute atomic E-state index is 0.129. The van der Waals surface area contributed by atoms with Crippen LogP contribution in [0.15, 0.2) is 78.9 Å². The van der Waals surface area contributed by atoms with Crippen LogP contribution in [0.1, 0.15) is 29.0 Å². The molecule has 2 fully saturated rings. The van der Waals surface area contributed by atoms with Crippen molar-refractivity contribution in [2.24, 2.45) is 11.8 Å². The Morgan fingerprint density at radius 3 is 2.23 bits per heavy atom. The summed E-state index contributed by atoms with van der Waals surface area (Å²) in [7, 11) is 1.52. The molecule has 3 aromatic rings. The van der Waals surface area contributed by atoms with Gasteiger partial charge in [0.15, 0.2) is 0 Å². The van der Waals surface area contributed by atoms with E-state index in [2.05, 4.69) is 63.9 Å². The van der Waals surface area contributed by atoms with Crippen molar-refractivity contribution in [2.75, 3.05) is 13.7 Å². The van der Waals surface area contributed by atoms with Gasteiger partial charge in [0.25, 0.3) is 0 Å². The van der Waals surface area contributed by atoms with Crippen molar-refractivity contribution in [3.05, 3.63) is 95.6 Å². The van der Waals surface area contributed by atoms with Gasteiger partial charge in [-0.3, -0.25) is 0 Å². The maximum Gasteiger partial charge on any atom is 0.573 e. The summed E-state index contributed by atoms with van der Waals surface area (Å²) in [6.07, 6.45) is -3.59. The molecule has 0 radical (unpaired) electrons. The van der Waals surface area contributed by atoms with E-state index in [1.807, 2.05) is 12.1 Å². The molecule has 4 atom stereocenters. The fraction of sp³-hybridized carbons (Fsp3) is 0.357. The highest BCUT2D eigenvalue weighted by Gasteiger charge is 2.51. The predicted molar refractivity (Wildman–Crippen MR) is 128 cm³/mol. The van der Waals surface area contributed by atoms with E-state index in [0.29, 0.717) is 29.7 Å². The Labute approximate surface area is 203 Å². The highest BCUT2D eigenvalue weighted by atomic mass is 19.4. The molecule has 0 amide bonds. The van der Waals surface area contributed by atoms with E-state index in [9.17, 15) is 13.2 Å². The molecule has 5 rings (SSSR count). The van der Waals surface area contributed by atoms with Crippen molar-refractivity contribution < 1.29 is 22.6 Å². The van der Waals surface area contributed by atoms with Crippen molar-refractivity contribution in [3.8, 4) is 11.5 Å². The number of nitrogens with one attached hydrogen (secondary N) is 2. The predicted octanol–water partition coefficient (Wildman–Crippen LogP) is 5.49. The smallest absolute Gasteiger partial charge is 0.496 e. The summed E-state index contributed by atoms with van der Waals surface area (Å²) in [6.45, 7) is 1.35. The Morgan fingerprint density at radius 1 is 0.971 bits per heavy atom. The van der Waals surface area contributed by atoms with E-state index < -0.39 is 6.36 Å². The van der Waals surface area contributed by atoms with Gasteiger partial charge in [-0.2, -0.15) is 0 Å². The van der Waals surface area contributed by atoms with Crippen LogP contribution in [0.2, 0.25) is 0 Å². The molecule has 1 aliphatic heterocycles. The number of piperidine rings is 1. The molecule has 4 nitrogen and oxygen atoms in total. The average Bonchev–Trinajstić information content (AvgIpc) is 3.64. The summed E-state index contributed by atoms with van der Waals surface area (Å²) in [5, 5.41) is 7.48. The second-order valence-electron chi connectivity index (χ2n) is 9.32. The quantitative estimate of drug-likeness (QED) is 0.446. The van der Waals surface area contributed by atoms with E-state index in [1.165, 1.54) is 36.4 Å². The zero-order chi connectivity index (χ0) is 24.4. The average molecular weight is 483 g/mol. The molecule has 2 N–H and O–H groups in total. The van der Waals surface area contributed by atoms with Crippen molar-refractivity contribution in [2.45, 2.75) is 37.3 Å². The minimum Gasteiger partial charge on any atom is -0.496 e. The third-order valence-electron chi connectivity index (χ3n) is 7.13. The molecule has 0 spiro atoms. The van der Waals surface area contributed by atoms with E-state index in [1.54, 1.807) is 0 Å². The second-order valence-corrected chi connectivity index (χ2v) is 9.32. The van der Waals surface area contributed by atoms with Gasteiger partial charge in [-0.25, -0.2) is 0 Å². The molecule has 0 bridgehead atoms. The molecule has 4 unspecified atom stereocenters. The number of benzene rings is 3. The lowest BCUT2D eigenvalue weighted by Crippen LogP contribution is -2.56. The standard InChI is InChI=1S/C28H29F3N2O2/c1-34-24-13-12-22(35-28(29,30)31)14-21(24)17-32-26-23-15-20(23)16-33-27(26)25(18-8-4-2-5-9-18)19-10-6-3-7-11-19/h2-14,20,23,25-27,32-33H,15-17H2,1H3. The SMILES string of the molecule is COc1ccc(OC(F)(F)F)cc1CNC1C2CC2CNC1C(c1ccccc1)c1ccccc1. The molecule has 1 saturated heterocycles. The van der Waals surface area contributed by atoms with Crippen LogP contribution in [-0.2, 0) is 6.54 Å². The number of halogens is 3. The number of fused-ring (bicyclic) bond motifs is 1. The number of alkyl halides is 3. The first-order valence-corrected chi connectivity index (χ1v) is 11.9. The fourth-order valence-electron chi connectivity index (χ4n) is 5.48. The number of methoxy groups -OCH3 is 1. The van der Waals surface area contributed by atoms with Crippen LogP contribution in [0, 0.1) is 11.8 Å². The lowest BCUT2D eigenvalue weighted by Gasteiger charge is -2.39. The number of hydrogen-bond donors (Lipinski definition) is 2. The molecule has 1 heterocycles. The number of hydrogen-bond acceptors (Lipinski definition) is 4. The van der Waals surface area contributed by atoms with Crippen LogP contribution >= 0.6 is 0 Å². The summed E-state index contributed by atoms with van der Waals surface area (Å²) < 4.78 is 47.9. The minimum atomic E-state index is -4.74. The Morgan fingerprint density at radius 2 is 1.63 bits per heavy atom. The second kappa shape index (κ2) is 9.91. The van der Waals surface area contributed by atoms with Gasteiger partial charge < -0.3 is 20.1 Å². The molecular weight excluding hydrogens is 453 g/mol. The summed E-state index contributed by atoms with van der Waals surface area (Å²) in [6, 6.07) is 25.4. The molecule has 7 heteroatoms. The molecule has 3 aromatic carbocycles. The third kappa shape index (κ3) is 5.46. The molecule has 2 aliphatic rings. The van der Waals surface area contributed by atoms with E-state index >= 15 is 0 Å². The normalized spacial score (nSPS) is 23.6. The van der Waals surface area contributed by atoms with Gasteiger partial charge in [0.1, 0.15) is 11.5 Å². The van der Waals surface area contributed by atoms with Gasteiger partial charge in [0.2, 0.25) is 0 Å². The Balaban J connectivity index is 1.42. The number of ether oxygens (including phenoxy) is 2. The van der Waals surface area contributed by atoms with Crippen LogP contribution in [-0.4, -0.2) is 32.1 Å². The van der Waals surface area contributed by atoms with Gasteiger partial charge in [-0.15, -0.1) is 13.2 Å². The zero-order valence-corrected chi connectivity index (χ0v) is 19.5. The molecule has 184 valence electrons. The lowest BCUT2D eigenvalue weighted by atomic mass is 9.79. The first kappa shape index (κ1) is 23.7. The van der Waals surface area contributed by atoms with Crippen LogP contribution in [0.3, 0.4) is 0 Å². The molecule has 35 heavy (non-hydrogen) atoms. The molecule has 1 aliphatic carbocycles. The Kier molecular flexibility index (Phi) is 6.71. The monoisotopic (exact) mass is 482 g/mol. The summed E-state index contributed by atoms with van der Waals surface area (Å²) in [5.74, 6) is 1.57. The highest BCUT2D eigenvalue weighted by molar-refractivity contribution is 5.41. The van der Waals surface area contributed by atoms with Gasteiger partial charge in [-0.05, 0) is 54.1 Å². The Hall–Kier alpha value is -3.03. The van der Waals surface area contributed by atoms with Gasteiger partial charge in [-0.1, -0.05) is 60.7 Å². The van der Waals surface area contributed by atoms with Gasteiger partial charge in [0.05, 0.1) is 7.11 Å². The first-order chi connectivity index (χ1) is 16.9. The third-order valence-corrected chi connectivity index (χ3v) is 7.13. The van der Waals surface area contributed by atoms with Gasteiger partial charge >= 0.3 is 6.36 Å². The number of rotatable bonds is 8. The maximum absolute atomic E-state index is 12.8. The van der Waals surface area contributed by atoms with E-state index in [0.717, 1.165) is 13.0 Å². The van der Waals surface area contributed by atoms with E-state index in [-0.39, 0.29) is 23.8 Å². The molecular formula is C28H29F3N2O2.